The number of ether oxygens (including phenoxy) is 1. The average molecular weight is 355 g/mol. The smallest absolute Gasteiger partial charge is 0.306 e. The third-order valence-electron chi connectivity index (χ3n) is 4.60. The molecule has 0 saturated heterocycles. The van der Waals surface area contributed by atoms with Crippen molar-refractivity contribution in [1.82, 2.24) is 14.8 Å². The SMILES string of the molecule is CCOC(=O)C[C@@H](c1cnn(C)c1C)c1c(O)c2ccccc2[nH]c1=O. The van der Waals surface area contributed by atoms with Gasteiger partial charge in [0.2, 0.25) is 0 Å². The van der Waals surface area contributed by atoms with Crippen molar-refractivity contribution < 1.29 is 14.6 Å². The minimum Gasteiger partial charge on any atom is -0.507 e. The first kappa shape index (κ1) is 17.7. The molecule has 7 nitrogen and oxygen atoms in total. The molecule has 0 spiro atoms. The molecule has 0 bridgehead atoms. The zero-order chi connectivity index (χ0) is 18.8. The van der Waals surface area contributed by atoms with Crippen LogP contribution in [0.15, 0.2) is 35.3 Å². The lowest BCUT2D eigenvalue weighted by Gasteiger charge is -2.18. The van der Waals surface area contributed by atoms with E-state index in [1.54, 1.807) is 49.1 Å². The van der Waals surface area contributed by atoms with E-state index in [-0.39, 0.29) is 24.3 Å². The molecule has 0 aliphatic carbocycles. The molecule has 1 atom stereocenters. The molecule has 26 heavy (non-hydrogen) atoms. The molecule has 2 N–H and O–H groups in total. The Kier molecular flexibility index (Phi) is 4.79. The summed E-state index contributed by atoms with van der Waals surface area (Å²) < 4.78 is 6.74. The molecule has 0 saturated carbocycles. The van der Waals surface area contributed by atoms with E-state index in [0.29, 0.717) is 16.5 Å². The molecule has 7 heteroatoms. The number of nitrogens with zero attached hydrogens (tertiary/aromatic N) is 2. The normalized spacial score (nSPS) is 12.3. The van der Waals surface area contributed by atoms with Crippen LogP contribution in [0.1, 0.15) is 36.1 Å². The molecule has 1 aromatic carbocycles. The number of carbonyl (C=O) groups is 1. The lowest BCUT2D eigenvalue weighted by atomic mass is 9.88. The maximum Gasteiger partial charge on any atom is 0.306 e. The number of hydrogen-bond donors (Lipinski definition) is 2. The molecule has 2 heterocycles. The van der Waals surface area contributed by atoms with Crippen LogP contribution < -0.4 is 5.56 Å². The van der Waals surface area contributed by atoms with Gasteiger partial charge in [-0.15, -0.1) is 0 Å². The first-order valence-electron chi connectivity index (χ1n) is 8.42. The van der Waals surface area contributed by atoms with Gasteiger partial charge in [-0.05, 0) is 26.0 Å². The number of aromatic hydroxyl groups is 1. The Labute approximate surface area is 150 Å². The minimum atomic E-state index is -0.656. The van der Waals surface area contributed by atoms with Gasteiger partial charge in [0.15, 0.2) is 0 Å². The van der Waals surface area contributed by atoms with Gasteiger partial charge in [0.25, 0.3) is 5.56 Å². The van der Waals surface area contributed by atoms with Crippen LogP contribution in [0.25, 0.3) is 10.9 Å². The van der Waals surface area contributed by atoms with E-state index in [1.165, 1.54) is 0 Å². The summed E-state index contributed by atoms with van der Waals surface area (Å²) in [6, 6.07) is 7.00. The number of carbonyl (C=O) groups excluding carboxylic acids is 1. The summed E-state index contributed by atoms with van der Waals surface area (Å²) in [7, 11) is 1.78. The van der Waals surface area contributed by atoms with Crippen molar-refractivity contribution in [2.24, 2.45) is 7.05 Å². The number of benzene rings is 1. The number of aryl methyl sites for hydroxylation is 1. The number of esters is 1. The molecule has 136 valence electrons. The topological polar surface area (TPSA) is 97.2 Å². The van der Waals surface area contributed by atoms with E-state index in [1.807, 2.05) is 6.92 Å². The van der Waals surface area contributed by atoms with Gasteiger partial charge < -0.3 is 14.8 Å². The number of H-pyrrole nitrogens is 1. The Morgan fingerprint density at radius 3 is 2.77 bits per heavy atom. The van der Waals surface area contributed by atoms with Crippen molar-refractivity contribution in [2.45, 2.75) is 26.2 Å². The summed E-state index contributed by atoms with van der Waals surface area (Å²) in [5.41, 5.74) is 1.77. The molecule has 0 unspecified atom stereocenters. The number of rotatable bonds is 5. The zero-order valence-corrected chi connectivity index (χ0v) is 14.9. The average Bonchev–Trinajstić information content (AvgIpc) is 2.93. The largest absolute Gasteiger partial charge is 0.507 e. The molecule has 3 rings (SSSR count). The predicted molar refractivity (Wildman–Crippen MR) is 97.3 cm³/mol. The van der Waals surface area contributed by atoms with E-state index in [0.717, 1.165) is 5.69 Å². The number of para-hydroxylation sites is 1. The number of hydrogen-bond acceptors (Lipinski definition) is 5. The molecule has 0 radical (unpaired) electrons. The fourth-order valence-corrected chi connectivity index (χ4v) is 3.18. The Balaban J connectivity index is 2.21. The van der Waals surface area contributed by atoms with Gasteiger partial charge in [0, 0.05) is 29.6 Å². The fraction of sp³-hybridized carbons (Fsp3) is 0.316. The summed E-state index contributed by atoms with van der Waals surface area (Å²) in [6.45, 7) is 3.83. The second kappa shape index (κ2) is 7.03. The summed E-state index contributed by atoms with van der Waals surface area (Å²) in [5.74, 6) is -1.22. The highest BCUT2D eigenvalue weighted by Crippen LogP contribution is 2.36. The lowest BCUT2D eigenvalue weighted by Crippen LogP contribution is -2.21. The van der Waals surface area contributed by atoms with Gasteiger partial charge in [0.05, 0.1) is 30.3 Å². The van der Waals surface area contributed by atoms with Gasteiger partial charge in [-0.2, -0.15) is 5.10 Å². The van der Waals surface area contributed by atoms with Crippen molar-refractivity contribution in [3.63, 3.8) is 0 Å². The van der Waals surface area contributed by atoms with Gasteiger partial charge in [-0.3, -0.25) is 14.3 Å². The van der Waals surface area contributed by atoms with Crippen molar-refractivity contribution >= 4 is 16.9 Å². The number of pyridine rings is 1. The molecule has 0 aliphatic heterocycles. The van der Waals surface area contributed by atoms with Crippen LogP contribution >= 0.6 is 0 Å². The Morgan fingerprint density at radius 2 is 2.12 bits per heavy atom. The third kappa shape index (κ3) is 3.08. The standard InChI is InChI=1S/C19H21N3O4/c1-4-26-16(23)9-13(14-10-20-22(3)11(14)2)17-18(24)12-7-5-6-8-15(12)21-19(17)25/h5-8,10,13H,4,9H2,1-3H3,(H2,21,24,25)/t13-/m0/s1. The van der Waals surface area contributed by atoms with Crippen molar-refractivity contribution in [2.75, 3.05) is 6.61 Å². The molecular weight excluding hydrogens is 334 g/mol. The highest BCUT2D eigenvalue weighted by Gasteiger charge is 2.28. The molecule has 3 aromatic rings. The van der Waals surface area contributed by atoms with Crippen LogP contribution in [0.5, 0.6) is 5.75 Å². The summed E-state index contributed by atoms with van der Waals surface area (Å²) >= 11 is 0. The van der Waals surface area contributed by atoms with Crippen LogP contribution in [0.4, 0.5) is 0 Å². The maximum atomic E-state index is 12.7. The highest BCUT2D eigenvalue weighted by molar-refractivity contribution is 5.86. The van der Waals surface area contributed by atoms with E-state index >= 15 is 0 Å². The number of aromatic amines is 1. The summed E-state index contributed by atoms with van der Waals surface area (Å²) in [4.78, 5) is 27.7. The lowest BCUT2D eigenvalue weighted by molar-refractivity contribution is -0.143. The Bertz CT molecular complexity index is 1020. The number of fused-ring (bicyclic) bond motifs is 1. The van der Waals surface area contributed by atoms with E-state index in [9.17, 15) is 14.7 Å². The summed E-state index contributed by atoms with van der Waals surface area (Å²) in [6.07, 6.45) is 1.56. The van der Waals surface area contributed by atoms with Crippen LogP contribution in [0.2, 0.25) is 0 Å². The fourth-order valence-electron chi connectivity index (χ4n) is 3.18. The van der Waals surface area contributed by atoms with Crippen molar-refractivity contribution in [1.29, 1.82) is 0 Å². The van der Waals surface area contributed by atoms with Gasteiger partial charge in [0.1, 0.15) is 5.75 Å². The second-order valence-electron chi connectivity index (χ2n) is 6.13. The third-order valence-corrected chi connectivity index (χ3v) is 4.60. The van der Waals surface area contributed by atoms with E-state index in [4.69, 9.17) is 4.74 Å². The second-order valence-corrected chi connectivity index (χ2v) is 6.13. The first-order valence-corrected chi connectivity index (χ1v) is 8.42. The van der Waals surface area contributed by atoms with Crippen LogP contribution in [-0.2, 0) is 16.6 Å². The summed E-state index contributed by atoms with van der Waals surface area (Å²) in [5, 5.41) is 15.5. The molecule has 0 fully saturated rings. The Morgan fingerprint density at radius 1 is 1.38 bits per heavy atom. The number of aromatic nitrogens is 3. The van der Waals surface area contributed by atoms with Gasteiger partial charge in [-0.1, -0.05) is 12.1 Å². The highest BCUT2D eigenvalue weighted by atomic mass is 16.5. The van der Waals surface area contributed by atoms with Crippen molar-refractivity contribution in [3.8, 4) is 5.75 Å². The molecule has 0 aliphatic rings. The monoisotopic (exact) mass is 355 g/mol. The van der Waals surface area contributed by atoms with Gasteiger partial charge >= 0.3 is 5.97 Å². The van der Waals surface area contributed by atoms with Crippen molar-refractivity contribution in [3.05, 3.63) is 57.6 Å². The first-order chi connectivity index (χ1) is 12.4. The molecule has 0 amide bonds. The molecule has 2 aromatic heterocycles. The van der Waals surface area contributed by atoms with E-state index in [2.05, 4.69) is 10.1 Å². The van der Waals surface area contributed by atoms with Crippen LogP contribution in [0, 0.1) is 6.92 Å². The van der Waals surface area contributed by atoms with Crippen LogP contribution in [-0.4, -0.2) is 32.4 Å². The zero-order valence-electron chi connectivity index (χ0n) is 14.9. The maximum absolute atomic E-state index is 12.7. The van der Waals surface area contributed by atoms with E-state index < -0.39 is 17.4 Å². The Hall–Kier alpha value is -3.09. The predicted octanol–water partition coefficient (Wildman–Crippen LogP) is 2.36. The van der Waals surface area contributed by atoms with Gasteiger partial charge in [-0.25, -0.2) is 0 Å². The molecular formula is C19H21N3O4. The number of nitrogens with one attached hydrogen (secondary N) is 1. The van der Waals surface area contributed by atoms with Crippen LogP contribution in [0.3, 0.4) is 0 Å². The minimum absolute atomic E-state index is 0.0602. The quantitative estimate of drug-likeness (QED) is 0.685.